The Morgan fingerprint density at radius 3 is 1.88 bits per heavy atom. The highest BCUT2D eigenvalue weighted by molar-refractivity contribution is 7.98. The van der Waals surface area contributed by atoms with Gasteiger partial charge in [-0.25, -0.2) is 4.79 Å². The fourth-order valence-corrected chi connectivity index (χ4v) is 3.10. The highest BCUT2D eigenvalue weighted by Gasteiger charge is 2.33. The van der Waals surface area contributed by atoms with E-state index in [0.29, 0.717) is 12.2 Å². The van der Waals surface area contributed by atoms with Crippen LogP contribution in [0.1, 0.15) is 40.0 Å². The molecule has 32 heavy (non-hydrogen) atoms. The predicted molar refractivity (Wildman–Crippen MR) is 118 cm³/mol. The number of aliphatic carboxylic acids is 2. The van der Waals surface area contributed by atoms with Crippen molar-refractivity contribution in [2.45, 2.75) is 70.3 Å². The molecular formula is C19H34N4O8S. The molecule has 0 saturated carbocycles. The molecule has 0 heterocycles. The molecule has 0 aliphatic carbocycles. The standard InChI is InChI=1S/C19H34N4O8S/c1-9(2)14(19(30)31)22-18(29)15(10(3)24)23-17(28)12(5-6-13(25)26)21-16(27)11(20)7-8-32-4/h9-12,14-15,24H,5-8,20H2,1-4H3,(H,21,27)(H,22,29)(H,23,28)(H,25,26)(H,30,31). The number of rotatable bonds is 15. The van der Waals surface area contributed by atoms with Crippen molar-refractivity contribution in [2.24, 2.45) is 11.7 Å². The van der Waals surface area contributed by atoms with E-state index in [1.165, 1.54) is 18.7 Å². The summed E-state index contributed by atoms with van der Waals surface area (Å²) in [5.41, 5.74) is 5.78. The fraction of sp³-hybridized carbons (Fsp3) is 0.737. The summed E-state index contributed by atoms with van der Waals surface area (Å²) in [5, 5.41) is 35.0. The third kappa shape index (κ3) is 10.8. The van der Waals surface area contributed by atoms with Crippen LogP contribution in [0, 0.1) is 5.92 Å². The molecule has 0 bridgehead atoms. The van der Waals surface area contributed by atoms with Gasteiger partial charge in [0.15, 0.2) is 0 Å². The minimum Gasteiger partial charge on any atom is -0.481 e. The van der Waals surface area contributed by atoms with Crippen molar-refractivity contribution in [1.82, 2.24) is 16.0 Å². The minimum atomic E-state index is -1.53. The van der Waals surface area contributed by atoms with Crippen LogP contribution in [-0.4, -0.2) is 87.3 Å². The van der Waals surface area contributed by atoms with Gasteiger partial charge in [0.05, 0.1) is 12.1 Å². The Bertz CT molecular complexity index is 674. The average Bonchev–Trinajstić information content (AvgIpc) is 2.69. The summed E-state index contributed by atoms with van der Waals surface area (Å²) in [6.45, 7) is 4.37. The topological polar surface area (TPSA) is 208 Å². The van der Waals surface area contributed by atoms with Crippen LogP contribution < -0.4 is 21.7 Å². The van der Waals surface area contributed by atoms with Crippen LogP contribution in [0.15, 0.2) is 0 Å². The van der Waals surface area contributed by atoms with Crippen molar-refractivity contribution < 1.29 is 39.3 Å². The van der Waals surface area contributed by atoms with E-state index in [9.17, 15) is 34.2 Å². The number of nitrogens with two attached hydrogens (primary N) is 1. The van der Waals surface area contributed by atoms with Crippen molar-refractivity contribution >= 4 is 41.4 Å². The van der Waals surface area contributed by atoms with Gasteiger partial charge in [0.25, 0.3) is 0 Å². The summed E-state index contributed by atoms with van der Waals surface area (Å²) in [7, 11) is 0. The molecular weight excluding hydrogens is 444 g/mol. The molecule has 0 aromatic heterocycles. The molecule has 13 heteroatoms. The molecule has 0 fully saturated rings. The SMILES string of the molecule is CSCCC(N)C(=O)NC(CCC(=O)O)C(=O)NC(C(=O)NC(C(=O)O)C(C)C)C(C)O. The lowest BCUT2D eigenvalue weighted by atomic mass is 10.0. The summed E-state index contributed by atoms with van der Waals surface area (Å²) in [6.07, 6.45) is 0.0482. The smallest absolute Gasteiger partial charge is 0.326 e. The molecule has 8 N–H and O–H groups in total. The molecule has 0 saturated heterocycles. The largest absolute Gasteiger partial charge is 0.481 e. The van der Waals surface area contributed by atoms with Gasteiger partial charge in [-0.2, -0.15) is 11.8 Å². The molecule has 0 aliphatic heterocycles. The molecule has 12 nitrogen and oxygen atoms in total. The number of hydrogen-bond donors (Lipinski definition) is 7. The Morgan fingerprint density at radius 1 is 0.875 bits per heavy atom. The number of carboxylic acid groups (broad SMARTS) is 2. The van der Waals surface area contributed by atoms with Crippen LogP contribution in [0.25, 0.3) is 0 Å². The van der Waals surface area contributed by atoms with E-state index in [1.807, 2.05) is 6.26 Å². The quantitative estimate of drug-likeness (QED) is 0.145. The highest BCUT2D eigenvalue weighted by Crippen LogP contribution is 2.06. The Balaban J connectivity index is 5.43. The highest BCUT2D eigenvalue weighted by atomic mass is 32.2. The molecule has 0 aliphatic rings. The number of thioether (sulfide) groups is 1. The number of carboxylic acids is 2. The Kier molecular flexibility index (Phi) is 13.5. The zero-order valence-corrected chi connectivity index (χ0v) is 19.5. The van der Waals surface area contributed by atoms with E-state index < -0.39 is 72.3 Å². The second kappa shape index (κ2) is 14.6. The van der Waals surface area contributed by atoms with Crippen LogP contribution in [0.4, 0.5) is 0 Å². The maximum atomic E-state index is 12.7. The molecule has 0 aromatic rings. The van der Waals surface area contributed by atoms with Gasteiger partial charge in [-0.1, -0.05) is 13.8 Å². The molecule has 5 atom stereocenters. The van der Waals surface area contributed by atoms with Crippen molar-refractivity contribution in [3.63, 3.8) is 0 Å². The van der Waals surface area contributed by atoms with Gasteiger partial charge in [0, 0.05) is 6.42 Å². The van der Waals surface area contributed by atoms with E-state index in [1.54, 1.807) is 13.8 Å². The lowest BCUT2D eigenvalue weighted by Crippen LogP contribution is -2.60. The Labute approximate surface area is 191 Å². The monoisotopic (exact) mass is 478 g/mol. The van der Waals surface area contributed by atoms with Gasteiger partial charge in [0.1, 0.15) is 18.1 Å². The maximum absolute atomic E-state index is 12.7. The number of carbonyl (C=O) groups excluding carboxylic acids is 3. The van der Waals surface area contributed by atoms with Gasteiger partial charge >= 0.3 is 11.9 Å². The average molecular weight is 479 g/mol. The number of aliphatic hydroxyl groups is 1. The summed E-state index contributed by atoms with van der Waals surface area (Å²) in [6, 6.07) is -5.02. The summed E-state index contributed by atoms with van der Waals surface area (Å²) in [4.78, 5) is 59.8. The zero-order chi connectivity index (χ0) is 25.0. The number of aliphatic hydroxyl groups excluding tert-OH is 1. The van der Waals surface area contributed by atoms with Crippen LogP contribution in [0.2, 0.25) is 0 Å². The molecule has 0 rings (SSSR count). The summed E-state index contributed by atoms with van der Waals surface area (Å²) >= 11 is 1.48. The third-order valence-corrected chi connectivity index (χ3v) is 5.19. The van der Waals surface area contributed by atoms with Gasteiger partial charge in [-0.05, 0) is 37.7 Å². The van der Waals surface area contributed by atoms with E-state index in [4.69, 9.17) is 10.8 Å². The first kappa shape index (κ1) is 29.6. The zero-order valence-electron chi connectivity index (χ0n) is 18.7. The fourth-order valence-electron chi connectivity index (χ4n) is 2.61. The molecule has 3 amide bonds. The molecule has 184 valence electrons. The number of nitrogens with one attached hydrogen (secondary N) is 3. The molecule has 0 spiro atoms. The van der Waals surface area contributed by atoms with Crippen molar-refractivity contribution in [3.8, 4) is 0 Å². The van der Waals surface area contributed by atoms with E-state index in [-0.39, 0.29) is 6.42 Å². The van der Waals surface area contributed by atoms with Gasteiger partial charge in [-0.3, -0.25) is 19.2 Å². The first-order valence-electron chi connectivity index (χ1n) is 10.1. The van der Waals surface area contributed by atoms with Gasteiger partial charge in [-0.15, -0.1) is 0 Å². The Hall–Kier alpha value is -2.38. The van der Waals surface area contributed by atoms with Crippen LogP contribution in [-0.2, 0) is 24.0 Å². The van der Waals surface area contributed by atoms with E-state index in [0.717, 1.165) is 0 Å². The summed E-state index contributed by atoms with van der Waals surface area (Å²) < 4.78 is 0. The molecule has 0 aromatic carbocycles. The number of amides is 3. The predicted octanol–water partition coefficient (Wildman–Crippen LogP) is -1.49. The molecule has 5 unspecified atom stereocenters. The Morgan fingerprint density at radius 2 is 1.44 bits per heavy atom. The lowest BCUT2D eigenvalue weighted by molar-refractivity contribution is -0.144. The van der Waals surface area contributed by atoms with Gasteiger partial charge < -0.3 is 37.0 Å². The molecule has 0 radical (unpaired) electrons. The van der Waals surface area contributed by atoms with Crippen molar-refractivity contribution in [2.75, 3.05) is 12.0 Å². The first-order chi connectivity index (χ1) is 14.8. The second-order valence-corrected chi connectivity index (χ2v) is 8.66. The van der Waals surface area contributed by atoms with Crippen LogP contribution >= 0.6 is 11.8 Å². The second-order valence-electron chi connectivity index (χ2n) is 7.68. The van der Waals surface area contributed by atoms with Crippen molar-refractivity contribution in [1.29, 1.82) is 0 Å². The van der Waals surface area contributed by atoms with E-state index in [2.05, 4.69) is 16.0 Å². The van der Waals surface area contributed by atoms with Crippen LogP contribution in [0.3, 0.4) is 0 Å². The third-order valence-electron chi connectivity index (χ3n) is 4.54. The first-order valence-corrected chi connectivity index (χ1v) is 11.5. The van der Waals surface area contributed by atoms with Crippen LogP contribution in [0.5, 0.6) is 0 Å². The number of carbonyl (C=O) groups is 5. The number of hydrogen-bond acceptors (Lipinski definition) is 8. The van der Waals surface area contributed by atoms with Crippen molar-refractivity contribution in [3.05, 3.63) is 0 Å². The normalized spacial score (nSPS) is 15.7. The summed E-state index contributed by atoms with van der Waals surface area (Å²) in [5.74, 6) is -4.85. The maximum Gasteiger partial charge on any atom is 0.326 e. The lowest BCUT2D eigenvalue weighted by Gasteiger charge is -2.27. The van der Waals surface area contributed by atoms with E-state index >= 15 is 0 Å². The minimum absolute atomic E-state index is 0.278. The van der Waals surface area contributed by atoms with Gasteiger partial charge in [0.2, 0.25) is 17.7 Å².